The van der Waals surface area contributed by atoms with Crippen LogP contribution >= 0.6 is 0 Å². The van der Waals surface area contributed by atoms with Gasteiger partial charge >= 0.3 is 5.69 Å². The van der Waals surface area contributed by atoms with Crippen LogP contribution in [0.15, 0.2) is 30.6 Å². The van der Waals surface area contributed by atoms with Crippen molar-refractivity contribution in [3.05, 3.63) is 52.3 Å². The molecule has 1 aromatic heterocycles. The minimum atomic E-state index is -0.859. The number of rotatable bonds is 4. The van der Waals surface area contributed by atoms with Crippen LogP contribution in [0.1, 0.15) is 18.8 Å². The van der Waals surface area contributed by atoms with Gasteiger partial charge in [0.05, 0.1) is 11.0 Å². The number of hydrogen-bond acceptors (Lipinski definition) is 4. The molecule has 0 fully saturated rings. The van der Waals surface area contributed by atoms with Crippen molar-refractivity contribution in [3.8, 4) is 0 Å². The summed E-state index contributed by atoms with van der Waals surface area (Å²) in [5.41, 5.74) is -0.0613. The van der Waals surface area contributed by atoms with Crippen LogP contribution in [0.4, 0.5) is 15.8 Å². The fourth-order valence-electron chi connectivity index (χ4n) is 1.85. The zero-order chi connectivity index (χ0) is 14.0. The highest BCUT2D eigenvalue weighted by Gasteiger charge is 2.15. The molecule has 2 rings (SSSR count). The maximum absolute atomic E-state index is 13.5. The predicted molar refractivity (Wildman–Crippen MR) is 68.3 cm³/mol. The fourth-order valence-corrected chi connectivity index (χ4v) is 1.85. The Bertz CT molecular complexity index is 612. The number of halogens is 1. The zero-order valence-electron chi connectivity index (χ0n) is 10.5. The molecule has 7 heteroatoms. The van der Waals surface area contributed by atoms with Crippen molar-refractivity contribution >= 4 is 11.4 Å². The zero-order valence-corrected chi connectivity index (χ0v) is 10.5. The van der Waals surface area contributed by atoms with Gasteiger partial charge in [0.25, 0.3) is 0 Å². The molecular formula is C12H13FN4O2. The van der Waals surface area contributed by atoms with Gasteiger partial charge in [-0.25, -0.2) is 4.98 Å². The lowest BCUT2D eigenvalue weighted by atomic mass is 10.2. The quantitative estimate of drug-likeness (QED) is 0.680. The molecule has 1 atom stereocenters. The van der Waals surface area contributed by atoms with Crippen LogP contribution in [-0.4, -0.2) is 14.5 Å². The van der Waals surface area contributed by atoms with Gasteiger partial charge in [-0.05, 0) is 13.0 Å². The van der Waals surface area contributed by atoms with Crippen LogP contribution in [0.5, 0.6) is 0 Å². The largest absolute Gasteiger partial charge is 0.375 e. The summed E-state index contributed by atoms with van der Waals surface area (Å²) in [4.78, 5) is 13.9. The number of hydrogen-bond donors (Lipinski definition) is 1. The molecule has 1 aromatic carbocycles. The Morgan fingerprint density at radius 1 is 1.53 bits per heavy atom. The van der Waals surface area contributed by atoms with Gasteiger partial charge in [0.15, 0.2) is 0 Å². The topological polar surface area (TPSA) is 73.0 Å². The molecule has 0 aliphatic rings. The van der Waals surface area contributed by atoms with E-state index >= 15 is 0 Å². The molecule has 100 valence electrons. The maximum Gasteiger partial charge on any atom is 0.304 e. The van der Waals surface area contributed by atoms with E-state index in [0.29, 0.717) is 5.69 Å². The number of aromatic nitrogens is 2. The van der Waals surface area contributed by atoms with Gasteiger partial charge in [-0.1, -0.05) is 0 Å². The van der Waals surface area contributed by atoms with E-state index in [-0.39, 0.29) is 6.04 Å². The number of aryl methyl sites for hydroxylation is 1. The molecule has 0 aliphatic heterocycles. The number of benzene rings is 1. The molecule has 0 radical (unpaired) electrons. The Morgan fingerprint density at radius 3 is 2.79 bits per heavy atom. The molecule has 1 unspecified atom stereocenters. The van der Waals surface area contributed by atoms with Crippen LogP contribution in [0, 0.1) is 15.9 Å². The second-order valence-electron chi connectivity index (χ2n) is 4.19. The second-order valence-corrected chi connectivity index (χ2v) is 4.19. The van der Waals surface area contributed by atoms with Gasteiger partial charge in [-0.3, -0.25) is 10.1 Å². The first-order chi connectivity index (χ1) is 8.99. The van der Waals surface area contributed by atoms with Crippen molar-refractivity contribution < 1.29 is 9.31 Å². The molecule has 1 N–H and O–H groups in total. The van der Waals surface area contributed by atoms with Crippen LogP contribution in [0.3, 0.4) is 0 Å². The Morgan fingerprint density at radius 2 is 2.26 bits per heavy atom. The van der Waals surface area contributed by atoms with E-state index in [4.69, 9.17) is 0 Å². The molecule has 0 saturated heterocycles. The minimum Gasteiger partial charge on any atom is -0.375 e. The molecule has 0 amide bonds. The number of nitro benzene ring substituents is 1. The molecule has 0 spiro atoms. The average Bonchev–Trinajstić information content (AvgIpc) is 2.75. The minimum absolute atomic E-state index is 0.138. The van der Waals surface area contributed by atoms with Crippen LogP contribution in [0.25, 0.3) is 0 Å². The molecule has 0 saturated carbocycles. The molecule has 0 aliphatic carbocycles. The smallest absolute Gasteiger partial charge is 0.304 e. The lowest BCUT2D eigenvalue weighted by Gasteiger charge is -2.15. The summed E-state index contributed by atoms with van der Waals surface area (Å²) < 4.78 is 15.3. The second kappa shape index (κ2) is 5.05. The van der Waals surface area contributed by atoms with Crippen molar-refractivity contribution in [1.29, 1.82) is 0 Å². The molecule has 0 bridgehead atoms. The van der Waals surface area contributed by atoms with Crippen molar-refractivity contribution in [3.63, 3.8) is 0 Å². The fraction of sp³-hybridized carbons (Fsp3) is 0.250. The Hall–Kier alpha value is -2.44. The van der Waals surface area contributed by atoms with Crippen LogP contribution in [-0.2, 0) is 7.05 Å². The van der Waals surface area contributed by atoms with Crippen molar-refractivity contribution in [2.45, 2.75) is 13.0 Å². The van der Waals surface area contributed by atoms with Gasteiger partial charge < -0.3 is 9.88 Å². The van der Waals surface area contributed by atoms with Gasteiger partial charge in [-0.15, -0.1) is 0 Å². The number of nitrogens with zero attached hydrogens (tertiary/aromatic N) is 3. The van der Waals surface area contributed by atoms with Crippen molar-refractivity contribution in [2.24, 2.45) is 7.05 Å². The lowest BCUT2D eigenvalue weighted by Crippen LogP contribution is -2.12. The summed E-state index contributed by atoms with van der Waals surface area (Å²) in [6.07, 6.45) is 3.48. The summed E-state index contributed by atoms with van der Waals surface area (Å²) in [5, 5.41) is 13.6. The van der Waals surface area contributed by atoms with E-state index in [2.05, 4.69) is 10.3 Å². The molecule has 6 nitrogen and oxygen atoms in total. The Balaban J connectivity index is 2.18. The van der Waals surface area contributed by atoms with Crippen molar-refractivity contribution in [1.82, 2.24) is 9.55 Å². The van der Waals surface area contributed by atoms with Gasteiger partial charge in [0.2, 0.25) is 5.82 Å². The third kappa shape index (κ3) is 2.70. The summed E-state index contributed by atoms with van der Waals surface area (Å²) >= 11 is 0. The van der Waals surface area contributed by atoms with E-state index in [1.165, 1.54) is 6.07 Å². The monoisotopic (exact) mass is 264 g/mol. The summed E-state index contributed by atoms with van der Waals surface area (Å²) in [6.45, 7) is 1.88. The predicted octanol–water partition coefficient (Wildman–Crippen LogP) is 2.64. The molecular weight excluding hydrogens is 251 g/mol. The van der Waals surface area contributed by atoms with Crippen molar-refractivity contribution in [2.75, 3.05) is 5.32 Å². The first-order valence-corrected chi connectivity index (χ1v) is 5.66. The normalized spacial score (nSPS) is 12.2. The van der Waals surface area contributed by atoms with E-state index in [1.807, 2.05) is 24.7 Å². The number of nitro groups is 1. The summed E-state index contributed by atoms with van der Waals surface area (Å²) in [7, 11) is 1.86. The number of imidazole rings is 1. The number of anilines is 1. The van der Waals surface area contributed by atoms with Gasteiger partial charge in [0.1, 0.15) is 5.82 Å². The highest BCUT2D eigenvalue weighted by Crippen LogP contribution is 2.23. The highest BCUT2D eigenvalue weighted by molar-refractivity contribution is 5.50. The average molecular weight is 264 g/mol. The van der Waals surface area contributed by atoms with E-state index in [9.17, 15) is 14.5 Å². The SMILES string of the molecule is CC(Nc1ccc([N+](=O)[O-])c(F)c1)c1nccn1C. The van der Waals surface area contributed by atoms with Crippen LogP contribution in [0.2, 0.25) is 0 Å². The standard InChI is InChI=1S/C12H13FN4O2/c1-8(12-14-5-6-16(12)2)15-9-3-4-11(17(18)19)10(13)7-9/h3-8,15H,1-2H3. The van der Waals surface area contributed by atoms with Crippen LogP contribution < -0.4 is 5.32 Å². The third-order valence-electron chi connectivity index (χ3n) is 2.77. The summed E-state index contributed by atoms with van der Waals surface area (Å²) in [5.74, 6) is -0.0687. The molecule has 19 heavy (non-hydrogen) atoms. The maximum atomic E-state index is 13.5. The van der Waals surface area contributed by atoms with Gasteiger partial charge in [0, 0.05) is 37.3 Å². The van der Waals surface area contributed by atoms with Gasteiger partial charge in [-0.2, -0.15) is 4.39 Å². The van der Waals surface area contributed by atoms with E-state index in [0.717, 1.165) is 18.0 Å². The lowest BCUT2D eigenvalue weighted by molar-refractivity contribution is -0.387. The van der Waals surface area contributed by atoms with E-state index in [1.54, 1.807) is 6.20 Å². The first kappa shape index (κ1) is 13.0. The molecule has 2 aromatic rings. The first-order valence-electron chi connectivity index (χ1n) is 5.66. The molecule has 1 heterocycles. The summed E-state index contributed by atoms with van der Waals surface area (Å²) in [6, 6.07) is 3.59. The Kier molecular flexibility index (Phi) is 3.46. The Labute approximate surface area is 109 Å². The highest BCUT2D eigenvalue weighted by atomic mass is 19.1. The number of nitrogens with one attached hydrogen (secondary N) is 1. The third-order valence-corrected chi connectivity index (χ3v) is 2.77. The van der Waals surface area contributed by atoms with E-state index < -0.39 is 16.4 Å².